The van der Waals surface area contributed by atoms with E-state index in [0.29, 0.717) is 23.5 Å². The molecule has 0 aromatic heterocycles. The SMILES string of the molecule is COC1=C(O)C(=O)C(C(C)(C)C/C=C(\C)CC(C)C)=C(C)C1=O. The van der Waals surface area contributed by atoms with Gasteiger partial charge in [0.05, 0.1) is 7.11 Å². The molecule has 1 rings (SSSR count). The molecule has 23 heavy (non-hydrogen) atoms. The molecule has 128 valence electrons. The van der Waals surface area contributed by atoms with Gasteiger partial charge in [-0.2, -0.15) is 0 Å². The number of aliphatic hydroxyl groups excluding tert-OH is 1. The lowest BCUT2D eigenvalue weighted by molar-refractivity contribution is -0.121. The molecule has 1 aliphatic rings. The number of ketones is 2. The van der Waals surface area contributed by atoms with Gasteiger partial charge >= 0.3 is 0 Å². The lowest BCUT2D eigenvalue weighted by Gasteiger charge is -2.30. The fourth-order valence-corrected chi connectivity index (χ4v) is 3.05. The highest BCUT2D eigenvalue weighted by molar-refractivity contribution is 6.23. The molecule has 0 atom stereocenters. The molecular formula is C19H28O4. The lowest BCUT2D eigenvalue weighted by Crippen LogP contribution is -2.31. The van der Waals surface area contributed by atoms with E-state index in [4.69, 9.17) is 4.74 Å². The molecule has 0 radical (unpaired) electrons. The summed E-state index contributed by atoms with van der Waals surface area (Å²) in [6, 6.07) is 0. The monoisotopic (exact) mass is 320 g/mol. The van der Waals surface area contributed by atoms with Crippen molar-refractivity contribution in [1.82, 2.24) is 0 Å². The van der Waals surface area contributed by atoms with Gasteiger partial charge < -0.3 is 9.84 Å². The van der Waals surface area contributed by atoms with Gasteiger partial charge in [0.2, 0.25) is 23.1 Å². The van der Waals surface area contributed by atoms with Crippen molar-refractivity contribution in [2.75, 3.05) is 7.11 Å². The maximum Gasteiger partial charge on any atom is 0.228 e. The van der Waals surface area contributed by atoms with E-state index in [-0.39, 0.29) is 5.76 Å². The highest BCUT2D eigenvalue weighted by atomic mass is 16.5. The molecule has 0 bridgehead atoms. The molecule has 0 heterocycles. The van der Waals surface area contributed by atoms with Crippen LogP contribution in [0, 0.1) is 11.3 Å². The summed E-state index contributed by atoms with van der Waals surface area (Å²) in [4.78, 5) is 24.8. The summed E-state index contributed by atoms with van der Waals surface area (Å²) in [6.45, 7) is 11.8. The first-order chi connectivity index (χ1) is 10.5. The normalized spacial score (nSPS) is 17.5. The van der Waals surface area contributed by atoms with E-state index >= 15 is 0 Å². The number of methoxy groups -OCH3 is 1. The van der Waals surface area contributed by atoms with E-state index in [2.05, 4.69) is 26.8 Å². The molecule has 0 fully saturated rings. The largest absolute Gasteiger partial charge is 0.501 e. The maximum absolute atomic E-state index is 12.5. The summed E-state index contributed by atoms with van der Waals surface area (Å²) < 4.78 is 4.87. The fourth-order valence-electron chi connectivity index (χ4n) is 3.05. The molecule has 0 saturated carbocycles. The van der Waals surface area contributed by atoms with Crippen molar-refractivity contribution >= 4 is 11.6 Å². The summed E-state index contributed by atoms with van der Waals surface area (Å²) in [6.07, 6.45) is 3.75. The standard InChI is InChI=1S/C19H28O4/c1-11(2)10-12(3)8-9-19(5,6)14-13(4)15(20)18(23-7)17(22)16(14)21/h8,11,22H,9-10H2,1-7H3/b12-8+. The summed E-state index contributed by atoms with van der Waals surface area (Å²) >= 11 is 0. The zero-order chi connectivity index (χ0) is 17.9. The van der Waals surface area contributed by atoms with E-state index in [0.717, 1.165) is 6.42 Å². The van der Waals surface area contributed by atoms with Gasteiger partial charge in [0.1, 0.15) is 0 Å². The van der Waals surface area contributed by atoms with Gasteiger partial charge in [-0.3, -0.25) is 9.59 Å². The van der Waals surface area contributed by atoms with Gasteiger partial charge in [-0.25, -0.2) is 0 Å². The number of rotatable bonds is 6. The van der Waals surface area contributed by atoms with Crippen LogP contribution in [-0.4, -0.2) is 23.8 Å². The molecule has 0 spiro atoms. The predicted molar refractivity (Wildman–Crippen MR) is 91.0 cm³/mol. The van der Waals surface area contributed by atoms with Gasteiger partial charge in [0.25, 0.3) is 0 Å². The molecule has 1 N–H and O–H groups in total. The Morgan fingerprint density at radius 3 is 2.30 bits per heavy atom. The van der Waals surface area contributed by atoms with Crippen LogP contribution in [0.2, 0.25) is 0 Å². The van der Waals surface area contributed by atoms with E-state index in [1.54, 1.807) is 6.92 Å². The topological polar surface area (TPSA) is 63.6 Å². The Labute approximate surface area is 138 Å². The quantitative estimate of drug-likeness (QED) is 0.586. The van der Waals surface area contributed by atoms with Crippen LogP contribution in [-0.2, 0) is 14.3 Å². The van der Waals surface area contributed by atoms with E-state index < -0.39 is 22.7 Å². The minimum Gasteiger partial charge on any atom is -0.501 e. The summed E-state index contributed by atoms with van der Waals surface area (Å²) in [5.41, 5.74) is 1.44. The fraction of sp³-hybridized carbons (Fsp3) is 0.579. The van der Waals surface area contributed by atoms with Gasteiger partial charge in [-0.15, -0.1) is 0 Å². The number of carbonyl (C=O) groups is 2. The Morgan fingerprint density at radius 1 is 1.26 bits per heavy atom. The third-order valence-corrected chi connectivity index (χ3v) is 4.15. The van der Waals surface area contributed by atoms with Crippen LogP contribution in [0.3, 0.4) is 0 Å². The van der Waals surface area contributed by atoms with Crippen molar-refractivity contribution in [3.05, 3.63) is 34.3 Å². The summed E-state index contributed by atoms with van der Waals surface area (Å²) in [5.74, 6) is -1.22. The number of ether oxygens (including phenoxy) is 1. The first-order valence-corrected chi connectivity index (χ1v) is 7.96. The number of Topliss-reactive ketones (excluding diaryl/α,β-unsaturated/α-hetero) is 2. The molecule has 0 unspecified atom stereocenters. The highest BCUT2D eigenvalue weighted by Gasteiger charge is 2.40. The third kappa shape index (κ3) is 4.12. The highest BCUT2D eigenvalue weighted by Crippen LogP contribution is 2.39. The van der Waals surface area contributed by atoms with Crippen LogP contribution >= 0.6 is 0 Å². The molecule has 1 aliphatic carbocycles. The zero-order valence-corrected chi connectivity index (χ0v) is 15.2. The van der Waals surface area contributed by atoms with Crippen LogP contribution in [0.25, 0.3) is 0 Å². The maximum atomic E-state index is 12.5. The molecule has 0 aliphatic heterocycles. The number of carbonyl (C=O) groups excluding carboxylic acids is 2. The molecule has 0 aromatic rings. The molecule has 0 amide bonds. The van der Waals surface area contributed by atoms with Gasteiger partial charge in [0.15, 0.2) is 0 Å². The van der Waals surface area contributed by atoms with Crippen molar-refractivity contribution in [2.45, 2.75) is 54.4 Å². The number of hydrogen-bond acceptors (Lipinski definition) is 4. The van der Waals surface area contributed by atoms with Crippen molar-refractivity contribution in [3.63, 3.8) is 0 Å². The lowest BCUT2D eigenvalue weighted by atomic mass is 9.73. The molecule has 4 nitrogen and oxygen atoms in total. The van der Waals surface area contributed by atoms with E-state index in [1.807, 2.05) is 13.8 Å². The van der Waals surface area contributed by atoms with Crippen molar-refractivity contribution < 1.29 is 19.4 Å². The Hall–Kier alpha value is -1.84. The van der Waals surface area contributed by atoms with Crippen molar-refractivity contribution in [3.8, 4) is 0 Å². The van der Waals surface area contributed by atoms with Crippen LogP contribution in [0.5, 0.6) is 0 Å². The van der Waals surface area contributed by atoms with Crippen LogP contribution in [0.1, 0.15) is 54.4 Å². The zero-order valence-electron chi connectivity index (χ0n) is 15.2. The van der Waals surface area contributed by atoms with Crippen molar-refractivity contribution in [1.29, 1.82) is 0 Å². The Kier molecular flexibility index (Phi) is 5.98. The van der Waals surface area contributed by atoms with Gasteiger partial charge in [0, 0.05) is 11.1 Å². The smallest absolute Gasteiger partial charge is 0.228 e. The van der Waals surface area contributed by atoms with Gasteiger partial charge in [-0.1, -0.05) is 39.3 Å². The second kappa shape index (κ2) is 7.16. The second-order valence-corrected chi connectivity index (χ2v) is 7.28. The second-order valence-electron chi connectivity index (χ2n) is 7.28. The van der Waals surface area contributed by atoms with Crippen molar-refractivity contribution in [2.24, 2.45) is 11.3 Å². The van der Waals surface area contributed by atoms with Crippen LogP contribution < -0.4 is 0 Å². The minimum atomic E-state index is -0.589. The number of hydrogen-bond donors (Lipinski definition) is 1. The van der Waals surface area contributed by atoms with Crippen LogP contribution in [0.15, 0.2) is 34.3 Å². The molecule has 0 saturated heterocycles. The average Bonchev–Trinajstić information content (AvgIpc) is 2.43. The molecular weight excluding hydrogens is 292 g/mol. The first-order valence-electron chi connectivity index (χ1n) is 7.96. The minimum absolute atomic E-state index is 0.265. The third-order valence-electron chi connectivity index (χ3n) is 4.15. The van der Waals surface area contributed by atoms with Crippen LogP contribution in [0.4, 0.5) is 0 Å². The average molecular weight is 320 g/mol. The number of allylic oxidation sites excluding steroid dienone is 4. The Morgan fingerprint density at radius 2 is 1.83 bits per heavy atom. The number of aliphatic hydroxyl groups is 1. The van der Waals surface area contributed by atoms with Gasteiger partial charge in [-0.05, 0) is 38.0 Å². The predicted octanol–water partition coefficient (Wildman–Crippen LogP) is 4.28. The summed E-state index contributed by atoms with van der Waals surface area (Å²) in [7, 11) is 1.28. The summed E-state index contributed by atoms with van der Waals surface area (Å²) in [5, 5.41) is 9.99. The van der Waals surface area contributed by atoms with E-state index in [9.17, 15) is 14.7 Å². The molecule has 4 heteroatoms. The van der Waals surface area contributed by atoms with E-state index in [1.165, 1.54) is 12.7 Å². The Bertz CT molecular complexity index is 601. The Balaban J connectivity index is 3.15. The first kappa shape index (κ1) is 19.2. The molecule has 0 aromatic carbocycles.